The largest absolute Gasteiger partial charge is 0.444 e. The Hall–Kier alpha value is -3.64. The Morgan fingerprint density at radius 2 is 1.35 bits per heavy atom. The number of rotatable bonds is 6. The van der Waals surface area contributed by atoms with Gasteiger partial charge >= 0.3 is 6.09 Å². The summed E-state index contributed by atoms with van der Waals surface area (Å²) >= 11 is 0. The normalized spacial score (nSPS) is 21.2. The summed E-state index contributed by atoms with van der Waals surface area (Å²) in [4.78, 5) is 32.6. The van der Waals surface area contributed by atoms with Gasteiger partial charge in [0.15, 0.2) is 0 Å². The Balaban J connectivity index is 1.70. The maximum absolute atomic E-state index is 13.8. The zero-order chi connectivity index (χ0) is 28.5. The molecule has 0 aromatic heterocycles. The zero-order valence-electron chi connectivity index (χ0n) is 24.3. The molecule has 6 nitrogen and oxygen atoms in total. The Morgan fingerprint density at radius 3 is 1.77 bits per heavy atom. The number of nitrogens with zero attached hydrogens (tertiary/aromatic N) is 3. The van der Waals surface area contributed by atoms with Crippen LogP contribution in [-0.4, -0.2) is 70.6 Å². The van der Waals surface area contributed by atoms with E-state index < -0.39 is 16.7 Å². The van der Waals surface area contributed by atoms with Gasteiger partial charge in [0.2, 0.25) is 5.91 Å². The quantitative estimate of drug-likeness (QED) is 0.366. The lowest BCUT2D eigenvalue weighted by molar-refractivity contribution is -0.130. The van der Waals surface area contributed by atoms with Gasteiger partial charge in [0.1, 0.15) is 5.60 Å². The number of likely N-dealkylation sites (N-methyl/N-ethyl adjacent to an activating group) is 1. The molecule has 0 spiro atoms. The van der Waals surface area contributed by atoms with Gasteiger partial charge in [0.25, 0.3) is 0 Å². The van der Waals surface area contributed by atoms with Crippen molar-refractivity contribution in [2.24, 2.45) is 0 Å². The Kier molecular flexibility index (Phi) is 7.49. The second kappa shape index (κ2) is 10.7. The number of ether oxygens (including phenoxy) is 1. The lowest BCUT2D eigenvalue weighted by Crippen LogP contribution is -2.70. The highest BCUT2D eigenvalue weighted by Gasteiger charge is 2.59. The molecule has 2 aliphatic heterocycles. The summed E-state index contributed by atoms with van der Waals surface area (Å²) in [5.41, 5.74) is 1.73. The highest BCUT2D eigenvalue weighted by Crippen LogP contribution is 2.49. The van der Waals surface area contributed by atoms with E-state index in [1.54, 1.807) is 11.8 Å². The number of hydrogen-bond donors (Lipinski definition) is 0. The van der Waals surface area contributed by atoms with Crippen LogP contribution in [0.1, 0.15) is 57.2 Å². The first kappa shape index (κ1) is 27.9. The molecule has 3 aromatic carbocycles. The highest BCUT2D eigenvalue weighted by atomic mass is 16.6. The summed E-state index contributed by atoms with van der Waals surface area (Å²) < 4.78 is 5.96. The van der Waals surface area contributed by atoms with Crippen molar-refractivity contribution in [3.8, 4) is 0 Å². The van der Waals surface area contributed by atoms with Crippen LogP contribution in [0.15, 0.2) is 91.0 Å². The van der Waals surface area contributed by atoms with Crippen molar-refractivity contribution in [1.29, 1.82) is 0 Å². The summed E-state index contributed by atoms with van der Waals surface area (Å²) in [6, 6.07) is 31.9. The molecule has 2 aliphatic rings. The molecule has 2 bridgehead atoms. The molecule has 3 aromatic rings. The van der Waals surface area contributed by atoms with Gasteiger partial charge in [-0.15, -0.1) is 0 Å². The standard InChI is InChI=1S/C34H41N3O3/c1-26(38)35(5)24-33-22-21-30(37(33)31(39)40-32(2,3)4)23-36(25-33)34(27-15-9-6-10-16-27,28-17-11-7-12-18-28)29-19-13-8-14-20-29/h6-20,30H,21-25H2,1-5H3. The van der Waals surface area contributed by atoms with Gasteiger partial charge in [-0.1, -0.05) is 91.0 Å². The average Bonchev–Trinajstić information content (AvgIpc) is 3.16. The van der Waals surface area contributed by atoms with Crippen LogP contribution < -0.4 is 0 Å². The lowest BCUT2D eigenvalue weighted by Gasteiger charge is -2.56. The molecule has 2 amide bonds. The molecule has 2 unspecified atom stereocenters. The molecule has 0 radical (unpaired) electrons. The van der Waals surface area contributed by atoms with Crippen molar-refractivity contribution in [3.05, 3.63) is 108 Å². The zero-order valence-corrected chi connectivity index (χ0v) is 24.3. The number of benzene rings is 3. The predicted molar refractivity (Wildman–Crippen MR) is 158 cm³/mol. The molecule has 0 aliphatic carbocycles. The van der Waals surface area contributed by atoms with Gasteiger partial charge in [0, 0.05) is 39.6 Å². The average molecular weight is 540 g/mol. The molecule has 6 heteroatoms. The van der Waals surface area contributed by atoms with Crippen molar-refractivity contribution in [3.63, 3.8) is 0 Å². The van der Waals surface area contributed by atoms with Crippen LogP contribution in [0.25, 0.3) is 0 Å². The third kappa shape index (κ3) is 5.01. The van der Waals surface area contributed by atoms with Crippen LogP contribution in [0.5, 0.6) is 0 Å². The Morgan fingerprint density at radius 1 is 0.875 bits per heavy atom. The van der Waals surface area contributed by atoms with Crippen molar-refractivity contribution < 1.29 is 14.3 Å². The van der Waals surface area contributed by atoms with Crippen LogP contribution in [0.3, 0.4) is 0 Å². The molecule has 2 heterocycles. The van der Waals surface area contributed by atoms with E-state index in [1.807, 2.05) is 32.7 Å². The van der Waals surface area contributed by atoms with Crippen molar-refractivity contribution in [2.75, 3.05) is 26.7 Å². The van der Waals surface area contributed by atoms with Crippen LogP contribution in [0.4, 0.5) is 4.79 Å². The first-order valence-electron chi connectivity index (χ1n) is 14.2. The fraction of sp³-hybridized carbons (Fsp3) is 0.412. The highest BCUT2D eigenvalue weighted by molar-refractivity contribution is 5.74. The maximum atomic E-state index is 13.8. The fourth-order valence-corrected chi connectivity index (χ4v) is 6.83. The van der Waals surface area contributed by atoms with E-state index >= 15 is 0 Å². The molecule has 2 fully saturated rings. The van der Waals surface area contributed by atoms with Gasteiger partial charge in [-0.3, -0.25) is 14.6 Å². The lowest BCUT2D eigenvalue weighted by atomic mass is 9.74. The minimum Gasteiger partial charge on any atom is -0.444 e. The first-order valence-corrected chi connectivity index (χ1v) is 14.2. The molecule has 40 heavy (non-hydrogen) atoms. The molecular formula is C34H41N3O3. The second-order valence-corrected chi connectivity index (χ2v) is 12.3. The minimum atomic E-state index is -0.608. The summed E-state index contributed by atoms with van der Waals surface area (Å²) in [7, 11) is 1.83. The topological polar surface area (TPSA) is 53.1 Å². The summed E-state index contributed by atoms with van der Waals surface area (Å²) in [6.45, 7) is 9.03. The molecule has 2 atom stereocenters. The number of hydrogen-bond acceptors (Lipinski definition) is 4. The second-order valence-electron chi connectivity index (χ2n) is 12.3. The number of carbonyl (C=O) groups is 2. The number of amides is 2. The summed E-state index contributed by atoms with van der Waals surface area (Å²) in [5.74, 6) is -0.0143. The van der Waals surface area contributed by atoms with E-state index in [4.69, 9.17) is 4.74 Å². The third-order valence-corrected chi connectivity index (χ3v) is 8.44. The van der Waals surface area contributed by atoms with Crippen molar-refractivity contribution >= 4 is 12.0 Å². The van der Waals surface area contributed by atoms with E-state index in [0.717, 1.165) is 12.8 Å². The van der Waals surface area contributed by atoms with E-state index in [2.05, 4.69) is 95.9 Å². The Bertz CT molecular complexity index is 1230. The summed E-state index contributed by atoms with van der Waals surface area (Å²) in [5, 5.41) is 0. The molecular weight excluding hydrogens is 498 g/mol. The van der Waals surface area contributed by atoms with Crippen LogP contribution >= 0.6 is 0 Å². The SMILES string of the molecule is CC(=O)N(C)CC12CCC(CN(C(c3ccccc3)(c3ccccc3)c3ccccc3)C1)N2C(=O)OC(C)(C)C. The summed E-state index contributed by atoms with van der Waals surface area (Å²) in [6.07, 6.45) is 1.37. The van der Waals surface area contributed by atoms with Gasteiger partial charge in [-0.2, -0.15) is 0 Å². The van der Waals surface area contributed by atoms with E-state index in [0.29, 0.717) is 19.6 Å². The van der Waals surface area contributed by atoms with Gasteiger partial charge < -0.3 is 9.64 Å². The van der Waals surface area contributed by atoms with Gasteiger partial charge in [-0.25, -0.2) is 4.79 Å². The molecule has 210 valence electrons. The van der Waals surface area contributed by atoms with Crippen molar-refractivity contribution in [2.45, 2.75) is 63.3 Å². The third-order valence-electron chi connectivity index (χ3n) is 8.44. The van der Waals surface area contributed by atoms with Crippen molar-refractivity contribution in [1.82, 2.24) is 14.7 Å². The van der Waals surface area contributed by atoms with E-state index in [-0.39, 0.29) is 18.0 Å². The minimum absolute atomic E-state index is 0.0143. The van der Waals surface area contributed by atoms with Crippen LogP contribution in [0, 0.1) is 0 Å². The molecule has 0 N–H and O–H groups in total. The first-order chi connectivity index (χ1) is 19.1. The number of fused-ring (bicyclic) bond motifs is 2. The smallest absolute Gasteiger partial charge is 0.411 e. The van der Waals surface area contributed by atoms with E-state index in [1.165, 1.54) is 16.7 Å². The van der Waals surface area contributed by atoms with Gasteiger partial charge in [0.05, 0.1) is 11.1 Å². The van der Waals surface area contributed by atoms with Crippen LogP contribution in [-0.2, 0) is 15.1 Å². The number of carbonyl (C=O) groups excluding carboxylic acids is 2. The molecule has 5 rings (SSSR count). The number of piperazine rings is 1. The predicted octanol–water partition coefficient (Wildman–Crippen LogP) is 5.91. The Labute approximate surface area is 238 Å². The monoisotopic (exact) mass is 539 g/mol. The van der Waals surface area contributed by atoms with E-state index in [9.17, 15) is 9.59 Å². The molecule has 0 saturated carbocycles. The molecule has 2 saturated heterocycles. The van der Waals surface area contributed by atoms with Crippen LogP contribution in [0.2, 0.25) is 0 Å². The fourth-order valence-electron chi connectivity index (χ4n) is 6.83. The maximum Gasteiger partial charge on any atom is 0.411 e. The number of likely N-dealkylation sites (tertiary alicyclic amines) is 1. The van der Waals surface area contributed by atoms with Gasteiger partial charge in [-0.05, 0) is 50.3 Å².